The van der Waals surface area contributed by atoms with Crippen molar-refractivity contribution in [3.63, 3.8) is 0 Å². The van der Waals surface area contributed by atoms with Gasteiger partial charge < -0.3 is 5.11 Å². The predicted molar refractivity (Wildman–Crippen MR) is 72.5 cm³/mol. The van der Waals surface area contributed by atoms with E-state index in [0.29, 0.717) is 12.0 Å². The number of benzene rings is 2. The van der Waals surface area contributed by atoms with Gasteiger partial charge >= 0.3 is 5.97 Å². The first-order valence-electron chi connectivity index (χ1n) is 6.18. The standard InChI is InChI=1S/C16H14O2/c1-2-12(16(17)18)14-9-11-7-3-5-10-6-4-8-13(14)15(10)11/h3-8H,2,9H2,1H3,(H,17,18)/b14-12+. The second kappa shape index (κ2) is 3.98. The first kappa shape index (κ1) is 11.0. The molecule has 90 valence electrons. The lowest BCUT2D eigenvalue weighted by Gasteiger charge is -2.06. The average Bonchev–Trinajstić information content (AvgIpc) is 2.72. The van der Waals surface area contributed by atoms with E-state index >= 15 is 0 Å². The van der Waals surface area contributed by atoms with E-state index in [1.54, 1.807) is 0 Å². The number of carbonyl (C=O) groups is 1. The third kappa shape index (κ3) is 1.46. The second-order valence-corrected chi connectivity index (χ2v) is 4.61. The normalized spacial score (nSPS) is 16.1. The lowest BCUT2D eigenvalue weighted by atomic mass is 9.99. The van der Waals surface area contributed by atoms with Crippen molar-refractivity contribution in [2.24, 2.45) is 0 Å². The third-order valence-corrected chi connectivity index (χ3v) is 3.66. The summed E-state index contributed by atoms with van der Waals surface area (Å²) in [7, 11) is 0. The van der Waals surface area contributed by atoms with Gasteiger partial charge in [-0.1, -0.05) is 43.3 Å². The smallest absolute Gasteiger partial charge is 0.331 e. The maximum absolute atomic E-state index is 11.3. The SMILES string of the molecule is CC/C(C(=O)O)=C1/Cc2cccc3cccc1c23. The Hall–Kier alpha value is -2.09. The van der Waals surface area contributed by atoms with Crippen molar-refractivity contribution in [3.05, 3.63) is 53.1 Å². The second-order valence-electron chi connectivity index (χ2n) is 4.61. The molecule has 0 heterocycles. The molecule has 0 unspecified atom stereocenters. The molecule has 1 aliphatic carbocycles. The van der Waals surface area contributed by atoms with Crippen LogP contribution in [0.2, 0.25) is 0 Å². The summed E-state index contributed by atoms with van der Waals surface area (Å²) in [6.45, 7) is 1.90. The van der Waals surface area contributed by atoms with Crippen LogP contribution in [0, 0.1) is 0 Å². The van der Waals surface area contributed by atoms with Crippen molar-refractivity contribution < 1.29 is 9.90 Å². The molecule has 0 atom stereocenters. The van der Waals surface area contributed by atoms with E-state index < -0.39 is 5.97 Å². The molecule has 2 heteroatoms. The van der Waals surface area contributed by atoms with Crippen LogP contribution in [0.15, 0.2) is 42.0 Å². The average molecular weight is 238 g/mol. The van der Waals surface area contributed by atoms with Crippen LogP contribution in [0.3, 0.4) is 0 Å². The molecule has 0 saturated heterocycles. The van der Waals surface area contributed by atoms with Crippen LogP contribution in [-0.4, -0.2) is 11.1 Å². The van der Waals surface area contributed by atoms with Crippen LogP contribution < -0.4 is 0 Å². The van der Waals surface area contributed by atoms with Gasteiger partial charge in [0.1, 0.15) is 0 Å². The summed E-state index contributed by atoms with van der Waals surface area (Å²) in [6.07, 6.45) is 1.31. The van der Waals surface area contributed by atoms with Crippen LogP contribution in [0.4, 0.5) is 0 Å². The number of hydrogen-bond acceptors (Lipinski definition) is 1. The van der Waals surface area contributed by atoms with Gasteiger partial charge in [0.15, 0.2) is 0 Å². The number of aliphatic carboxylic acids is 1. The molecule has 3 rings (SSSR count). The fourth-order valence-corrected chi connectivity index (χ4v) is 2.87. The molecule has 0 bridgehead atoms. The molecule has 0 aliphatic heterocycles. The minimum Gasteiger partial charge on any atom is -0.478 e. The lowest BCUT2D eigenvalue weighted by molar-refractivity contribution is -0.132. The molecular formula is C16H14O2. The molecule has 0 saturated carbocycles. The van der Waals surface area contributed by atoms with Gasteiger partial charge in [0.2, 0.25) is 0 Å². The Kier molecular flexibility index (Phi) is 2.44. The van der Waals surface area contributed by atoms with Crippen molar-refractivity contribution in [1.82, 2.24) is 0 Å². The van der Waals surface area contributed by atoms with Crippen molar-refractivity contribution in [3.8, 4) is 0 Å². The molecule has 2 nitrogen and oxygen atoms in total. The highest BCUT2D eigenvalue weighted by molar-refractivity contribution is 6.07. The molecule has 0 aromatic heterocycles. The van der Waals surface area contributed by atoms with Crippen LogP contribution in [0.1, 0.15) is 24.5 Å². The number of rotatable bonds is 2. The Morgan fingerprint density at radius 1 is 1.22 bits per heavy atom. The summed E-state index contributed by atoms with van der Waals surface area (Å²) in [5.41, 5.74) is 3.86. The van der Waals surface area contributed by atoms with E-state index in [1.807, 2.05) is 25.1 Å². The number of allylic oxidation sites excluding steroid dienone is 1. The summed E-state index contributed by atoms with van der Waals surface area (Å²) >= 11 is 0. The van der Waals surface area contributed by atoms with Crippen LogP contribution in [0.5, 0.6) is 0 Å². The summed E-state index contributed by atoms with van der Waals surface area (Å²) in [5.74, 6) is -0.794. The molecule has 2 aromatic rings. The number of carboxylic acid groups (broad SMARTS) is 1. The van der Waals surface area contributed by atoms with Gasteiger partial charge in [0, 0.05) is 5.57 Å². The van der Waals surface area contributed by atoms with Crippen LogP contribution in [-0.2, 0) is 11.2 Å². The maximum Gasteiger partial charge on any atom is 0.331 e. The van der Waals surface area contributed by atoms with Crippen molar-refractivity contribution >= 4 is 22.3 Å². The third-order valence-electron chi connectivity index (χ3n) is 3.66. The van der Waals surface area contributed by atoms with Gasteiger partial charge in [0.25, 0.3) is 0 Å². The first-order valence-corrected chi connectivity index (χ1v) is 6.18. The predicted octanol–water partition coefficient (Wildman–Crippen LogP) is 3.64. The van der Waals surface area contributed by atoms with Crippen molar-refractivity contribution in [1.29, 1.82) is 0 Å². The molecule has 1 N–H and O–H groups in total. The highest BCUT2D eigenvalue weighted by Crippen LogP contribution is 2.39. The monoisotopic (exact) mass is 238 g/mol. The Morgan fingerprint density at radius 2 is 1.94 bits per heavy atom. The minimum absolute atomic E-state index is 0.540. The summed E-state index contributed by atoms with van der Waals surface area (Å²) in [5, 5.41) is 11.7. The molecular weight excluding hydrogens is 224 g/mol. The Labute approximate surface area is 106 Å². The first-order chi connectivity index (χ1) is 8.72. The number of hydrogen-bond donors (Lipinski definition) is 1. The molecule has 18 heavy (non-hydrogen) atoms. The van der Waals surface area contributed by atoms with Gasteiger partial charge in [-0.25, -0.2) is 4.79 Å². The Balaban J connectivity index is 2.35. The lowest BCUT2D eigenvalue weighted by Crippen LogP contribution is -2.03. The zero-order valence-corrected chi connectivity index (χ0v) is 10.2. The fourth-order valence-electron chi connectivity index (χ4n) is 2.87. The molecule has 0 fully saturated rings. The van der Waals surface area contributed by atoms with E-state index in [-0.39, 0.29) is 0 Å². The maximum atomic E-state index is 11.3. The molecule has 0 radical (unpaired) electrons. The molecule has 0 spiro atoms. The van der Waals surface area contributed by atoms with Gasteiger partial charge in [-0.3, -0.25) is 0 Å². The van der Waals surface area contributed by atoms with Gasteiger partial charge in [0.05, 0.1) is 0 Å². The minimum atomic E-state index is -0.794. The topological polar surface area (TPSA) is 37.3 Å². The Bertz CT molecular complexity index is 675. The van der Waals surface area contributed by atoms with E-state index in [9.17, 15) is 9.90 Å². The zero-order chi connectivity index (χ0) is 12.7. The highest BCUT2D eigenvalue weighted by atomic mass is 16.4. The van der Waals surface area contributed by atoms with E-state index in [1.165, 1.54) is 16.3 Å². The summed E-state index contributed by atoms with van der Waals surface area (Å²) in [6, 6.07) is 12.3. The van der Waals surface area contributed by atoms with Gasteiger partial charge in [-0.2, -0.15) is 0 Å². The quantitative estimate of drug-likeness (QED) is 0.811. The molecule has 0 amide bonds. The van der Waals surface area contributed by atoms with Gasteiger partial charge in [-0.05, 0) is 40.3 Å². The van der Waals surface area contributed by atoms with E-state index in [0.717, 1.165) is 17.6 Å². The van der Waals surface area contributed by atoms with Gasteiger partial charge in [-0.15, -0.1) is 0 Å². The molecule has 1 aliphatic rings. The highest BCUT2D eigenvalue weighted by Gasteiger charge is 2.23. The zero-order valence-electron chi connectivity index (χ0n) is 10.2. The van der Waals surface area contributed by atoms with Crippen molar-refractivity contribution in [2.45, 2.75) is 19.8 Å². The van der Waals surface area contributed by atoms with E-state index in [2.05, 4.69) is 18.2 Å². The number of carboxylic acids is 1. The fraction of sp³-hybridized carbons (Fsp3) is 0.188. The Morgan fingerprint density at radius 3 is 2.61 bits per heavy atom. The largest absolute Gasteiger partial charge is 0.478 e. The van der Waals surface area contributed by atoms with Crippen molar-refractivity contribution in [2.75, 3.05) is 0 Å². The summed E-state index contributed by atoms with van der Waals surface area (Å²) < 4.78 is 0. The molecule has 2 aromatic carbocycles. The summed E-state index contributed by atoms with van der Waals surface area (Å²) in [4.78, 5) is 11.3. The van der Waals surface area contributed by atoms with Crippen LogP contribution in [0.25, 0.3) is 16.3 Å². The van der Waals surface area contributed by atoms with E-state index in [4.69, 9.17) is 0 Å². The van der Waals surface area contributed by atoms with Crippen LogP contribution >= 0.6 is 0 Å².